The van der Waals surface area contributed by atoms with Gasteiger partial charge in [0.1, 0.15) is 6.61 Å². The lowest BCUT2D eigenvalue weighted by atomic mass is 9.87. The van der Waals surface area contributed by atoms with E-state index in [9.17, 15) is 9.18 Å². The summed E-state index contributed by atoms with van der Waals surface area (Å²) in [7, 11) is 0. The predicted octanol–water partition coefficient (Wildman–Crippen LogP) is 2.49. The summed E-state index contributed by atoms with van der Waals surface area (Å²) >= 11 is 0. The van der Waals surface area contributed by atoms with Crippen LogP contribution in [0.2, 0.25) is 0 Å². The number of rotatable bonds is 4. The molecule has 1 fully saturated rings. The Hall–Kier alpha value is -1.62. The molecule has 2 N–H and O–H groups in total. The maximum absolute atomic E-state index is 13.9. The van der Waals surface area contributed by atoms with Crippen molar-refractivity contribution in [3.05, 3.63) is 29.1 Å². The predicted molar refractivity (Wildman–Crippen MR) is 82.5 cm³/mol. The van der Waals surface area contributed by atoms with Crippen LogP contribution in [0.3, 0.4) is 0 Å². The molecule has 1 heterocycles. The average molecular weight is 306 g/mol. The Bertz CT molecular complexity index is 584. The fourth-order valence-corrected chi connectivity index (χ4v) is 3.68. The van der Waals surface area contributed by atoms with E-state index in [1.54, 1.807) is 0 Å². The maximum Gasteiger partial charge on any atom is 0.249 e. The molecule has 0 bridgehead atoms. The van der Waals surface area contributed by atoms with Crippen molar-refractivity contribution in [3.63, 3.8) is 0 Å². The van der Waals surface area contributed by atoms with Crippen LogP contribution in [0.25, 0.3) is 0 Å². The van der Waals surface area contributed by atoms with Gasteiger partial charge in [0.25, 0.3) is 0 Å². The molecule has 1 amide bonds. The number of carbonyl (C=O) groups is 1. The van der Waals surface area contributed by atoms with E-state index in [1.165, 1.54) is 31.4 Å². The fraction of sp³-hybridized carbons (Fsp3) is 0.588. The van der Waals surface area contributed by atoms with Gasteiger partial charge in [-0.1, -0.05) is 6.42 Å². The largest absolute Gasteiger partial charge is 0.489 e. The highest BCUT2D eigenvalue weighted by Crippen LogP contribution is 2.36. The molecule has 22 heavy (non-hydrogen) atoms. The quantitative estimate of drug-likeness (QED) is 0.930. The molecule has 1 atom stereocenters. The Morgan fingerprint density at radius 1 is 1.36 bits per heavy atom. The number of hydrogen-bond donors (Lipinski definition) is 1. The first-order valence-corrected chi connectivity index (χ1v) is 8.00. The Labute approximate surface area is 130 Å². The Kier molecular flexibility index (Phi) is 4.08. The molecule has 1 aliphatic carbocycles. The second-order valence-electron chi connectivity index (χ2n) is 6.56. The van der Waals surface area contributed by atoms with Gasteiger partial charge < -0.3 is 10.5 Å². The van der Waals surface area contributed by atoms with Crippen LogP contribution in [0, 0.1) is 5.82 Å². The number of halogens is 1. The molecule has 5 heteroatoms. The molecule has 0 saturated heterocycles. The SMILES string of the molecule is CC(C)N(C1CCC1)[C@@H]1COc2c(F)ccc(C(N)=O)c2C1. The van der Waals surface area contributed by atoms with Gasteiger partial charge in [0, 0.05) is 29.3 Å². The number of ether oxygens (including phenoxy) is 1. The highest BCUT2D eigenvalue weighted by molar-refractivity contribution is 5.95. The van der Waals surface area contributed by atoms with E-state index in [4.69, 9.17) is 10.5 Å². The van der Waals surface area contributed by atoms with Crippen molar-refractivity contribution in [2.24, 2.45) is 5.73 Å². The lowest BCUT2D eigenvalue weighted by Gasteiger charge is -2.46. The summed E-state index contributed by atoms with van der Waals surface area (Å²) in [6.45, 7) is 4.81. The number of hydrogen-bond acceptors (Lipinski definition) is 3. The highest BCUT2D eigenvalue weighted by atomic mass is 19.1. The van der Waals surface area contributed by atoms with Crippen molar-refractivity contribution in [1.29, 1.82) is 0 Å². The van der Waals surface area contributed by atoms with E-state index in [2.05, 4.69) is 18.7 Å². The lowest BCUT2D eigenvalue weighted by molar-refractivity contribution is 0.0184. The maximum atomic E-state index is 13.9. The van der Waals surface area contributed by atoms with E-state index in [0.29, 0.717) is 36.2 Å². The monoisotopic (exact) mass is 306 g/mol. The third-order valence-electron chi connectivity index (χ3n) is 4.85. The molecule has 1 aliphatic heterocycles. The van der Waals surface area contributed by atoms with Gasteiger partial charge in [-0.05, 0) is 45.2 Å². The van der Waals surface area contributed by atoms with E-state index in [0.717, 1.165) is 0 Å². The molecule has 0 spiro atoms. The molecule has 2 aliphatic rings. The third-order valence-corrected chi connectivity index (χ3v) is 4.85. The van der Waals surface area contributed by atoms with Gasteiger partial charge in [-0.25, -0.2) is 4.39 Å². The molecule has 4 nitrogen and oxygen atoms in total. The molecular formula is C17H23FN2O2. The first-order chi connectivity index (χ1) is 10.5. The van der Waals surface area contributed by atoms with E-state index in [1.807, 2.05) is 0 Å². The molecule has 1 aromatic carbocycles. The zero-order chi connectivity index (χ0) is 15.9. The number of nitrogens with two attached hydrogens (primary N) is 1. The number of primary amides is 1. The molecule has 0 aromatic heterocycles. The molecule has 1 aromatic rings. The lowest BCUT2D eigenvalue weighted by Crippen LogP contribution is -2.54. The molecule has 120 valence electrons. The van der Waals surface area contributed by atoms with Crippen LogP contribution in [0.4, 0.5) is 4.39 Å². The van der Waals surface area contributed by atoms with Crippen molar-refractivity contribution in [1.82, 2.24) is 4.90 Å². The highest BCUT2D eigenvalue weighted by Gasteiger charge is 2.36. The summed E-state index contributed by atoms with van der Waals surface area (Å²) in [6.07, 6.45) is 4.28. The molecule has 0 unspecified atom stereocenters. The van der Waals surface area contributed by atoms with Crippen LogP contribution in [0.1, 0.15) is 49.0 Å². The zero-order valence-electron chi connectivity index (χ0n) is 13.1. The van der Waals surface area contributed by atoms with Gasteiger partial charge in [0.05, 0.1) is 0 Å². The van der Waals surface area contributed by atoms with Crippen molar-refractivity contribution in [2.75, 3.05) is 6.61 Å². The van der Waals surface area contributed by atoms with Crippen LogP contribution in [0.5, 0.6) is 5.75 Å². The first-order valence-electron chi connectivity index (χ1n) is 8.00. The van der Waals surface area contributed by atoms with Crippen molar-refractivity contribution in [2.45, 2.75) is 57.7 Å². The van der Waals surface area contributed by atoms with Gasteiger partial charge >= 0.3 is 0 Å². The topological polar surface area (TPSA) is 55.6 Å². The van der Waals surface area contributed by atoms with Crippen molar-refractivity contribution >= 4 is 5.91 Å². The number of amides is 1. The summed E-state index contributed by atoms with van der Waals surface area (Å²) in [5, 5.41) is 0. The van der Waals surface area contributed by atoms with Gasteiger partial charge in [-0.2, -0.15) is 0 Å². The summed E-state index contributed by atoms with van der Waals surface area (Å²) in [5.41, 5.74) is 6.43. The Morgan fingerprint density at radius 2 is 2.09 bits per heavy atom. The van der Waals surface area contributed by atoms with Gasteiger partial charge in [-0.15, -0.1) is 0 Å². The summed E-state index contributed by atoms with van der Waals surface area (Å²) in [5.74, 6) is -0.747. The normalized spacial score (nSPS) is 21.4. The van der Waals surface area contributed by atoms with Crippen LogP contribution in [-0.4, -0.2) is 35.5 Å². The minimum atomic E-state index is -0.528. The smallest absolute Gasteiger partial charge is 0.249 e. The second kappa shape index (κ2) is 5.88. The van der Waals surface area contributed by atoms with E-state index < -0.39 is 11.7 Å². The van der Waals surface area contributed by atoms with Crippen LogP contribution in [-0.2, 0) is 6.42 Å². The first kappa shape index (κ1) is 15.3. The minimum Gasteiger partial charge on any atom is -0.489 e. The number of benzene rings is 1. The Balaban J connectivity index is 1.91. The third kappa shape index (κ3) is 2.58. The Morgan fingerprint density at radius 3 is 2.64 bits per heavy atom. The van der Waals surface area contributed by atoms with Crippen molar-refractivity contribution < 1.29 is 13.9 Å². The average Bonchev–Trinajstić information content (AvgIpc) is 2.41. The summed E-state index contributed by atoms with van der Waals surface area (Å²) < 4.78 is 19.6. The van der Waals surface area contributed by atoms with Gasteiger partial charge in [-0.3, -0.25) is 9.69 Å². The van der Waals surface area contributed by atoms with Crippen LogP contribution < -0.4 is 10.5 Å². The van der Waals surface area contributed by atoms with Crippen LogP contribution >= 0.6 is 0 Å². The van der Waals surface area contributed by atoms with Gasteiger partial charge in [0.2, 0.25) is 5.91 Å². The standard InChI is InChI=1S/C17H23FN2O2/c1-10(2)20(11-4-3-5-11)12-8-14-13(17(19)21)6-7-15(18)16(14)22-9-12/h6-7,10-12H,3-5,8-9H2,1-2H3,(H2,19,21)/t12-/m0/s1. The molecular weight excluding hydrogens is 283 g/mol. The zero-order valence-corrected chi connectivity index (χ0v) is 13.1. The molecule has 3 rings (SSSR count). The van der Waals surface area contributed by atoms with Gasteiger partial charge in [0.15, 0.2) is 11.6 Å². The number of nitrogens with zero attached hydrogens (tertiary/aromatic N) is 1. The van der Waals surface area contributed by atoms with Crippen molar-refractivity contribution in [3.8, 4) is 5.75 Å². The second-order valence-corrected chi connectivity index (χ2v) is 6.56. The van der Waals surface area contributed by atoms with E-state index >= 15 is 0 Å². The number of carbonyl (C=O) groups excluding carboxylic acids is 1. The molecule has 1 saturated carbocycles. The molecule has 0 radical (unpaired) electrons. The number of fused-ring (bicyclic) bond motifs is 1. The summed E-state index contributed by atoms with van der Waals surface area (Å²) in [4.78, 5) is 14.1. The minimum absolute atomic E-state index is 0.165. The fourth-order valence-electron chi connectivity index (χ4n) is 3.68. The summed E-state index contributed by atoms with van der Waals surface area (Å²) in [6, 6.07) is 3.85. The van der Waals surface area contributed by atoms with Crippen LogP contribution in [0.15, 0.2) is 12.1 Å². The van der Waals surface area contributed by atoms with E-state index in [-0.39, 0.29) is 11.8 Å².